The third-order valence-electron chi connectivity index (χ3n) is 3.51. The van der Waals surface area contributed by atoms with Crippen LogP contribution in [0.5, 0.6) is 0 Å². The lowest BCUT2D eigenvalue weighted by molar-refractivity contribution is 0.0420. The van der Waals surface area contributed by atoms with Crippen molar-refractivity contribution in [3.8, 4) is 12.1 Å². The summed E-state index contributed by atoms with van der Waals surface area (Å²) in [4.78, 5) is 2.25. The molecule has 0 bridgehead atoms. The molecule has 4 nitrogen and oxygen atoms in total. The number of nitrogens with zero attached hydrogens (tertiary/aromatic N) is 3. The van der Waals surface area contributed by atoms with Crippen LogP contribution in [-0.2, 0) is 0 Å². The third kappa shape index (κ3) is 4.34. The fourth-order valence-electron chi connectivity index (χ4n) is 2.46. The van der Waals surface area contributed by atoms with E-state index in [9.17, 15) is 5.11 Å². The fraction of sp³-hybridized carbons (Fsp3) is 0.846. The van der Waals surface area contributed by atoms with E-state index >= 15 is 0 Å². The summed E-state index contributed by atoms with van der Waals surface area (Å²) in [5.41, 5.74) is -0.0204. The topological polar surface area (TPSA) is 71.0 Å². The molecule has 0 aromatic rings. The van der Waals surface area contributed by atoms with Crippen molar-refractivity contribution in [1.29, 1.82) is 10.5 Å². The Morgan fingerprint density at radius 1 is 1.47 bits per heavy atom. The number of hydrogen-bond donors (Lipinski definition) is 1. The lowest BCUT2D eigenvalue weighted by atomic mass is 9.82. The van der Waals surface area contributed by atoms with Crippen LogP contribution in [-0.4, -0.2) is 36.2 Å². The predicted molar refractivity (Wildman–Crippen MR) is 64.8 cm³/mol. The first-order chi connectivity index (χ1) is 8.13. The number of likely N-dealkylation sites (tertiary alicyclic amines) is 1. The molecule has 2 atom stereocenters. The van der Waals surface area contributed by atoms with Crippen molar-refractivity contribution in [2.75, 3.05) is 26.2 Å². The van der Waals surface area contributed by atoms with Gasteiger partial charge in [-0.15, -0.1) is 0 Å². The molecule has 1 N–H and O–H groups in total. The van der Waals surface area contributed by atoms with Crippen molar-refractivity contribution in [1.82, 2.24) is 4.90 Å². The second-order valence-electron chi connectivity index (χ2n) is 5.33. The molecule has 0 radical (unpaired) electrons. The maximum absolute atomic E-state index is 9.37. The highest BCUT2D eigenvalue weighted by Crippen LogP contribution is 2.29. The van der Waals surface area contributed by atoms with Gasteiger partial charge in [0.05, 0.1) is 18.1 Å². The lowest BCUT2D eigenvalue weighted by Crippen LogP contribution is -2.45. The van der Waals surface area contributed by atoms with Crippen LogP contribution >= 0.6 is 0 Å². The fourth-order valence-corrected chi connectivity index (χ4v) is 2.46. The van der Waals surface area contributed by atoms with Crippen molar-refractivity contribution in [3.63, 3.8) is 0 Å². The number of rotatable bonds is 5. The van der Waals surface area contributed by atoms with Gasteiger partial charge >= 0.3 is 0 Å². The Bertz CT molecular complexity index is 318. The molecule has 1 rings (SSSR count). The number of aliphatic hydroxyl groups excluding tert-OH is 1. The van der Waals surface area contributed by atoms with Gasteiger partial charge in [0, 0.05) is 31.5 Å². The summed E-state index contributed by atoms with van der Waals surface area (Å²) in [5, 5.41) is 26.9. The molecule has 1 saturated heterocycles. The van der Waals surface area contributed by atoms with E-state index in [1.165, 1.54) is 0 Å². The molecule has 17 heavy (non-hydrogen) atoms. The van der Waals surface area contributed by atoms with Crippen LogP contribution in [0.25, 0.3) is 0 Å². The number of nitriles is 2. The Hall–Kier alpha value is -1.10. The van der Waals surface area contributed by atoms with Gasteiger partial charge in [-0.1, -0.05) is 6.92 Å². The Morgan fingerprint density at radius 3 is 2.82 bits per heavy atom. The van der Waals surface area contributed by atoms with Crippen molar-refractivity contribution < 1.29 is 5.11 Å². The molecule has 1 aliphatic rings. The summed E-state index contributed by atoms with van der Waals surface area (Å²) >= 11 is 0. The van der Waals surface area contributed by atoms with Crippen LogP contribution in [0.2, 0.25) is 0 Å². The largest absolute Gasteiger partial charge is 0.396 e. The number of hydrogen-bond acceptors (Lipinski definition) is 4. The molecule has 4 heteroatoms. The van der Waals surface area contributed by atoms with Gasteiger partial charge in [0.15, 0.2) is 0 Å². The zero-order valence-corrected chi connectivity index (χ0v) is 10.5. The van der Waals surface area contributed by atoms with Gasteiger partial charge in [-0.2, -0.15) is 10.5 Å². The van der Waals surface area contributed by atoms with Crippen molar-refractivity contribution in [2.45, 2.75) is 32.6 Å². The van der Waals surface area contributed by atoms with E-state index in [-0.39, 0.29) is 17.9 Å². The quantitative estimate of drug-likeness (QED) is 0.784. The summed E-state index contributed by atoms with van der Waals surface area (Å²) in [5.74, 6) is -0.0595. The van der Waals surface area contributed by atoms with Gasteiger partial charge in [0.25, 0.3) is 0 Å². The van der Waals surface area contributed by atoms with Gasteiger partial charge < -0.3 is 10.0 Å². The average Bonchev–Trinajstić information content (AvgIpc) is 2.34. The van der Waals surface area contributed by atoms with Crippen LogP contribution in [0.4, 0.5) is 0 Å². The van der Waals surface area contributed by atoms with Crippen molar-refractivity contribution in [2.24, 2.45) is 11.3 Å². The second kappa shape index (κ2) is 6.59. The van der Waals surface area contributed by atoms with E-state index in [2.05, 4.69) is 24.0 Å². The zero-order chi connectivity index (χ0) is 12.7. The Kier molecular flexibility index (Phi) is 5.41. The van der Waals surface area contributed by atoms with Crippen LogP contribution in [0.1, 0.15) is 32.6 Å². The molecular formula is C13H21N3O. The van der Waals surface area contributed by atoms with Crippen molar-refractivity contribution >= 4 is 0 Å². The molecule has 94 valence electrons. The highest BCUT2D eigenvalue weighted by molar-refractivity contribution is 4.91. The van der Waals surface area contributed by atoms with Gasteiger partial charge in [-0.3, -0.25) is 0 Å². The first kappa shape index (κ1) is 14.0. The van der Waals surface area contributed by atoms with E-state index in [1.807, 2.05) is 0 Å². The molecule has 0 aliphatic carbocycles. The highest BCUT2D eigenvalue weighted by Gasteiger charge is 2.31. The Labute approximate surface area is 103 Å². The normalized spacial score (nSPS) is 27.1. The van der Waals surface area contributed by atoms with Crippen LogP contribution in [0.3, 0.4) is 0 Å². The Morgan fingerprint density at radius 2 is 2.24 bits per heavy atom. The molecule has 0 aromatic carbocycles. The SMILES string of the molecule is CC1(CO)CCCN(CC(C#N)CCC#N)C1. The molecule has 0 spiro atoms. The molecule has 0 aromatic heterocycles. The minimum absolute atomic E-state index is 0.0204. The molecule has 1 heterocycles. The summed E-state index contributed by atoms with van der Waals surface area (Å²) in [6.45, 7) is 4.89. The average molecular weight is 235 g/mol. The maximum Gasteiger partial charge on any atom is 0.0669 e. The molecule has 1 aliphatic heterocycles. The van der Waals surface area contributed by atoms with Crippen molar-refractivity contribution in [3.05, 3.63) is 0 Å². The van der Waals surface area contributed by atoms with E-state index in [0.717, 1.165) is 32.5 Å². The standard InChI is InChI=1S/C13H21N3O/c1-13(11-17)5-3-7-16(10-13)9-12(8-15)4-2-6-14/h12,17H,2-5,7,9-11H2,1H3. The zero-order valence-electron chi connectivity index (χ0n) is 10.5. The second-order valence-corrected chi connectivity index (χ2v) is 5.33. The van der Waals surface area contributed by atoms with Gasteiger partial charge in [0.2, 0.25) is 0 Å². The minimum Gasteiger partial charge on any atom is -0.396 e. The highest BCUT2D eigenvalue weighted by atomic mass is 16.3. The summed E-state index contributed by atoms with van der Waals surface area (Å²) in [6, 6.07) is 4.36. The van der Waals surface area contributed by atoms with Gasteiger partial charge in [-0.05, 0) is 25.8 Å². The molecule has 0 saturated carbocycles. The van der Waals surface area contributed by atoms with E-state index in [4.69, 9.17) is 10.5 Å². The van der Waals surface area contributed by atoms with Gasteiger partial charge in [0.1, 0.15) is 0 Å². The summed E-state index contributed by atoms with van der Waals surface area (Å²) in [6.07, 6.45) is 3.23. The summed E-state index contributed by atoms with van der Waals surface area (Å²) < 4.78 is 0. The van der Waals surface area contributed by atoms with Crippen LogP contribution in [0.15, 0.2) is 0 Å². The Balaban J connectivity index is 2.45. The lowest BCUT2D eigenvalue weighted by Gasteiger charge is -2.40. The number of piperidine rings is 1. The molecule has 2 unspecified atom stereocenters. The summed E-state index contributed by atoms with van der Waals surface area (Å²) in [7, 11) is 0. The predicted octanol–water partition coefficient (Wildman–Crippen LogP) is 1.52. The first-order valence-electron chi connectivity index (χ1n) is 6.23. The third-order valence-corrected chi connectivity index (χ3v) is 3.51. The molecule has 0 amide bonds. The maximum atomic E-state index is 9.37. The van der Waals surface area contributed by atoms with Crippen LogP contribution < -0.4 is 0 Å². The number of aliphatic hydroxyl groups is 1. The van der Waals surface area contributed by atoms with E-state index < -0.39 is 0 Å². The first-order valence-corrected chi connectivity index (χ1v) is 6.23. The minimum atomic E-state index is -0.0595. The molecule has 1 fully saturated rings. The monoisotopic (exact) mass is 235 g/mol. The smallest absolute Gasteiger partial charge is 0.0669 e. The molecular weight excluding hydrogens is 214 g/mol. The van der Waals surface area contributed by atoms with Gasteiger partial charge in [-0.25, -0.2) is 0 Å². The van der Waals surface area contributed by atoms with E-state index in [0.29, 0.717) is 12.8 Å². The van der Waals surface area contributed by atoms with E-state index in [1.54, 1.807) is 0 Å². The van der Waals surface area contributed by atoms with Crippen LogP contribution in [0, 0.1) is 34.0 Å².